The highest BCUT2D eigenvalue weighted by Gasteiger charge is 2.26. The Morgan fingerprint density at radius 1 is 1.04 bits per heavy atom. The molecule has 1 aliphatic rings. The van der Waals surface area contributed by atoms with Crippen LogP contribution in [-0.4, -0.2) is 60.5 Å². The van der Waals surface area contributed by atoms with E-state index < -0.39 is 5.97 Å². The highest BCUT2D eigenvalue weighted by atomic mass is 16.5. The van der Waals surface area contributed by atoms with Gasteiger partial charge in [0.2, 0.25) is 0 Å². The predicted octanol–water partition coefficient (Wildman–Crippen LogP) is 2.45. The number of hydrogen-bond acceptors (Lipinski definition) is 5. The smallest absolute Gasteiger partial charge is 0.340 e. The number of para-hydroxylation sites is 1. The molecule has 27 heavy (non-hydrogen) atoms. The maximum absolute atomic E-state index is 12.5. The summed E-state index contributed by atoms with van der Waals surface area (Å²) in [5.74, 6) is -0.383. The Labute approximate surface area is 156 Å². The molecule has 142 valence electrons. The summed E-state index contributed by atoms with van der Waals surface area (Å²) in [4.78, 5) is 40.1. The predicted molar refractivity (Wildman–Crippen MR) is 97.6 cm³/mol. The first kappa shape index (κ1) is 18.5. The molecule has 8 heteroatoms. The Morgan fingerprint density at radius 2 is 1.74 bits per heavy atom. The summed E-state index contributed by atoms with van der Waals surface area (Å²) in [6.07, 6.45) is 1.46. The van der Waals surface area contributed by atoms with Crippen molar-refractivity contribution in [1.82, 2.24) is 9.80 Å². The van der Waals surface area contributed by atoms with Gasteiger partial charge in [-0.15, -0.1) is 0 Å². The summed E-state index contributed by atoms with van der Waals surface area (Å²) in [5, 5.41) is 2.76. The van der Waals surface area contributed by atoms with Crippen molar-refractivity contribution in [3.63, 3.8) is 0 Å². The Hall–Kier alpha value is -3.29. The molecule has 0 bridgehead atoms. The summed E-state index contributed by atoms with van der Waals surface area (Å²) in [5.41, 5.74) is 0.703. The average molecular weight is 371 g/mol. The molecule has 2 heterocycles. The fraction of sp³-hybridized carbons (Fsp3) is 0.316. The number of nitrogens with one attached hydrogen (secondary N) is 1. The molecule has 1 fully saturated rings. The van der Waals surface area contributed by atoms with E-state index in [9.17, 15) is 14.4 Å². The molecule has 1 saturated heterocycles. The standard InChI is InChI=1S/C19H21N3O5/c1-2-26-18(24)14-6-3-4-7-15(14)20-19(25)22-11-9-21(10-12-22)17(23)16-8-5-13-27-16/h3-8,13H,2,9-12H2,1H3,(H,20,25). The highest BCUT2D eigenvalue weighted by molar-refractivity contribution is 6.01. The zero-order valence-corrected chi connectivity index (χ0v) is 15.0. The minimum atomic E-state index is -0.484. The number of piperazine rings is 1. The number of carbonyl (C=O) groups is 3. The lowest BCUT2D eigenvalue weighted by Crippen LogP contribution is -2.51. The van der Waals surface area contributed by atoms with Crippen molar-refractivity contribution in [2.75, 3.05) is 38.1 Å². The van der Waals surface area contributed by atoms with Gasteiger partial charge in [-0.3, -0.25) is 4.79 Å². The molecular formula is C19H21N3O5. The molecule has 1 aliphatic heterocycles. The van der Waals surface area contributed by atoms with Gasteiger partial charge in [0.1, 0.15) is 0 Å². The molecule has 0 unspecified atom stereocenters. The van der Waals surface area contributed by atoms with Gasteiger partial charge in [0.05, 0.1) is 24.1 Å². The van der Waals surface area contributed by atoms with Gasteiger partial charge >= 0.3 is 12.0 Å². The average Bonchev–Trinajstić information content (AvgIpc) is 3.23. The van der Waals surface area contributed by atoms with Crippen molar-refractivity contribution in [1.29, 1.82) is 0 Å². The first-order valence-electron chi connectivity index (χ1n) is 8.75. The summed E-state index contributed by atoms with van der Waals surface area (Å²) >= 11 is 0. The number of hydrogen-bond donors (Lipinski definition) is 1. The van der Waals surface area contributed by atoms with Gasteiger partial charge in [0.15, 0.2) is 5.76 Å². The van der Waals surface area contributed by atoms with Crippen LogP contribution in [-0.2, 0) is 4.74 Å². The maximum atomic E-state index is 12.5. The molecule has 1 aromatic carbocycles. The second-order valence-corrected chi connectivity index (χ2v) is 5.95. The van der Waals surface area contributed by atoms with E-state index in [1.807, 2.05) is 0 Å². The molecule has 0 spiro atoms. The van der Waals surface area contributed by atoms with Crippen LogP contribution in [0.5, 0.6) is 0 Å². The van der Waals surface area contributed by atoms with E-state index in [-0.39, 0.29) is 24.3 Å². The molecular weight excluding hydrogens is 350 g/mol. The van der Waals surface area contributed by atoms with E-state index in [1.54, 1.807) is 53.1 Å². The summed E-state index contributed by atoms with van der Waals surface area (Å²) in [6, 6.07) is 9.66. The third-order valence-electron chi connectivity index (χ3n) is 4.25. The summed E-state index contributed by atoms with van der Waals surface area (Å²) < 4.78 is 10.1. The molecule has 0 saturated carbocycles. The second kappa shape index (κ2) is 8.39. The first-order valence-corrected chi connectivity index (χ1v) is 8.75. The monoisotopic (exact) mass is 371 g/mol. The van der Waals surface area contributed by atoms with Crippen molar-refractivity contribution in [2.24, 2.45) is 0 Å². The fourth-order valence-corrected chi connectivity index (χ4v) is 2.84. The third-order valence-corrected chi connectivity index (χ3v) is 4.25. The Kier molecular flexibility index (Phi) is 5.75. The van der Waals surface area contributed by atoms with Crippen molar-refractivity contribution >= 4 is 23.6 Å². The molecule has 8 nitrogen and oxygen atoms in total. The number of furan rings is 1. The van der Waals surface area contributed by atoms with Crippen molar-refractivity contribution in [3.05, 3.63) is 54.0 Å². The quantitative estimate of drug-likeness (QED) is 0.834. The van der Waals surface area contributed by atoms with E-state index in [4.69, 9.17) is 9.15 Å². The molecule has 2 aromatic rings. The number of nitrogens with zero attached hydrogens (tertiary/aromatic N) is 2. The van der Waals surface area contributed by atoms with Crippen LogP contribution in [0.4, 0.5) is 10.5 Å². The number of urea groups is 1. The van der Waals surface area contributed by atoms with Crippen LogP contribution in [0.25, 0.3) is 0 Å². The Morgan fingerprint density at radius 3 is 2.41 bits per heavy atom. The lowest BCUT2D eigenvalue weighted by Gasteiger charge is -2.34. The molecule has 3 rings (SSSR count). The zero-order valence-electron chi connectivity index (χ0n) is 15.0. The summed E-state index contributed by atoms with van der Waals surface area (Å²) in [6.45, 7) is 3.58. The maximum Gasteiger partial charge on any atom is 0.340 e. The minimum absolute atomic E-state index is 0.187. The number of esters is 1. The topological polar surface area (TPSA) is 92.1 Å². The van der Waals surface area contributed by atoms with Crippen molar-refractivity contribution < 1.29 is 23.5 Å². The van der Waals surface area contributed by atoms with E-state index >= 15 is 0 Å². The molecule has 1 N–H and O–H groups in total. The van der Waals surface area contributed by atoms with Gasteiger partial charge in [-0.25, -0.2) is 9.59 Å². The summed E-state index contributed by atoms with van der Waals surface area (Å²) in [7, 11) is 0. The fourth-order valence-electron chi connectivity index (χ4n) is 2.84. The normalized spacial score (nSPS) is 14.0. The van der Waals surface area contributed by atoms with Crippen LogP contribution in [0.15, 0.2) is 47.1 Å². The second-order valence-electron chi connectivity index (χ2n) is 5.95. The number of rotatable bonds is 4. The van der Waals surface area contributed by atoms with E-state index in [0.717, 1.165) is 0 Å². The van der Waals surface area contributed by atoms with Crippen LogP contribution in [0.3, 0.4) is 0 Å². The van der Waals surface area contributed by atoms with E-state index in [2.05, 4.69) is 5.32 Å². The number of anilines is 1. The lowest BCUT2D eigenvalue weighted by molar-refractivity contribution is 0.0527. The van der Waals surface area contributed by atoms with E-state index in [1.165, 1.54) is 6.26 Å². The lowest BCUT2D eigenvalue weighted by atomic mass is 10.2. The zero-order chi connectivity index (χ0) is 19.2. The van der Waals surface area contributed by atoms with Gasteiger partial charge in [-0.05, 0) is 31.2 Å². The van der Waals surface area contributed by atoms with Gasteiger partial charge in [-0.2, -0.15) is 0 Å². The van der Waals surface area contributed by atoms with Gasteiger partial charge in [0.25, 0.3) is 5.91 Å². The van der Waals surface area contributed by atoms with Crippen LogP contribution in [0, 0.1) is 0 Å². The van der Waals surface area contributed by atoms with E-state index in [0.29, 0.717) is 37.4 Å². The number of benzene rings is 1. The number of amides is 3. The van der Waals surface area contributed by atoms with Crippen LogP contribution in [0.1, 0.15) is 27.8 Å². The SMILES string of the molecule is CCOC(=O)c1ccccc1NC(=O)N1CCN(C(=O)c2ccco2)CC1. The number of ether oxygens (including phenoxy) is 1. The largest absolute Gasteiger partial charge is 0.462 e. The molecule has 0 atom stereocenters. The van der Waals surface area contributed by atoms with Gasteiger partial charge < -0.3 is 24.3 Å². The van der Waals surface area contributed by atoms with Crippen molar-refractivity contribution in [3.8, 4) is 0 Å². The van der Waals surface area contributed by atoms with Crippen LogP contribution >= 0.6 is 0 Å². The molecule has 0 aliphatic carbocycles. The van der Waals surface area contributed by atoms with Gasteiger partial charge in [-0.1, -0.05) is 12.1 Å². The molecule has 0 radical (unpaired) electrons. The van der Waals surface area contributed by atoms with Gasteiger partial charge in [0, 0.05) is 26.2 Å². The Bertz CT molecular complexity index is 811. The van der Waals surface area contributed by atoms with Crippen LogP contribution < -0.4 is 5.32 Å². The van der Waals surface area contributed by atoms with Crippen molar-refractivity contribution in [2.45, 2.75) is 6.92 Å². The molecule has 1 aromatic heterocycles. The minimum Gasteiger partial charge on any atom is -0.462 e. The third kappa shape index (κ3) is 4.28. The molecule has 3 amide bonds. The van der Waals surface area contributed by atoms with Crippen LogP contribution in [0.2, 0.25) is 0 Å². The number of carbonyl (C=O) groups excluding carboxylic acids is 3. The Balaban J connectivity index is 1.59. The highest BCUT2D eigenvalue weighted by Crippen LogP contribution is 2.18. The first-order chi connectivity index (χ1) is 13.1.